The van der Waals surface area contributed by atoms with Gasteiger partial charge in [-0.05, 0) is 6.92 Å². The predicted octanol–water partition coefficient (Wildman–Crippen LogP) is 1.60. The molecule has 0 saturated heterocycles. The maximum Gasteiger partial charge on any atom is 0.306 e. The molecule has 0 aromatic carbocycles. The Kier molecular flexibility index (Phi) is 6.64. The topological polar surface area (TPSA) is 63.6 Å². The maximum absolute atomic E-state index is 11.2. The summed E-state index contributed by atoms with van der Waals surface area (Å²) >= 11 is 3.07. The zero-order chi connectivity index (χ0) is 10.3. The van der Waals surface area contributed by atoms with Crippen LogP contribution in [-0.2, 0) is 14.1 Å². The van der Waals surface area contributed by atoms with E-state index in [1.165, 1.54) is 0 Å². The summed E-state index contributed by atoms with van der Waals surface area (Å²) in [5.41, 5.74) is 0. The van der Waals surface area contributed by atoms with Gasteiger partial charge < -0.3 is 9.63 Å². The standard InChI is InChI=1S/C7H14BrO4P/c1-2-12-7(9)3-5-13(10,11)6-4-8/h2-6H2,1H3,(H,10,11). The van der Waals surface area contributed by atoms with Crippen LogP contribution in [0.25, 0.3) is 0 Å². The van der Waals surface area contributed by atoms with Crippen molar-refractivity contribution >= 4 is 29.3 Å². The summed E-state index contributed by atoms with van der Waals surface area (Å²) in [6, 6.07) is 0. The minimum absolute atomic E-state index is 0.0113. The number of esters is 1. The molecule has 0 bridgehead atoms. The number of hydrogen-bond acceptors (Lipinski definition) is 3. The van der Waals surface area contributed by atoms with Crippen molar-refractivity contribution in [2.24, 2.45) is 0 Å². The van der Waals surface area contributed by atoms with Crippen LogP contribution in [0.2, 0.25) is 0 Å². The van der Waals surface area contributed by atoms with Gasteiger partial charge in [-0.25, -0.2) is 0 Å². The molecule has 0 radical (unpaired) electrons. The second-order valence-electron chi connectivity index (χ2n) is 2.54. The average molecular weight is 273 g/mol. The Bertz CT molecular complexity index is 207. The first-order valence-corrected chi connectivity index (χ1v) is 7.19. The van der Waals surface area contributed by atoms with E-state index >= 15 is 0 Å². The van der Waals surface area contributed by atoms with Crippen molar-refractivity contribution in [2.75, 3.05) is 24.3 Å². The lowest BCUT2D eigenvalue weighted by Gasteiger charge is -2.08. The molecule has 0 aliphatic heterocycles. The van der Waals surface area contributed by atoms with E-state index in [-0.39, 0.29) is 18.7 Å². The van der Waals surface area contributed by atoms with E-state index in [1.807, 2.05) is 0 Å². The van der Waals surface area contributed by atoms with E-state index in [2.05, 4.69) is 20.7 Å². The van der Waals surface area contributed by atoms with Gasteiger partial charge in [0, 0.05) is 17.7 Å². The van der Waals surface area contributed by atoms with Gasteiger partial charge in [-0.1, -0.05) is 15.9 Å². The molecule has 0 rings (SSSR count). The molecule has 78 valence electrons. The molecule has 0 saturated carbocycles. The molecule has 0 aliphatic carbocycles. The Morgan fingerprint density at radius 1 is 1.54 bits per heavy atom. The van der Waals surface area contributed by atoms with Gasteiger partial charge >= 0.3 is 5.97 Å². The molecule has 1 unspecified atom stereocenters. The highest BCUT2D eigenvalue weighted by atomic mass is 79.9. The third-order valence-corrected chi connectivity index (χ3v) is 4.26. The fraction of sp³-hybridized carbons (Fsp3) is 0.857. The molecule has 0 amide bonds. The highest BCUT2D eigenvalue weighted by Gasteiger charge is 2.18. The van der Waals surface area contributed by atoms with Crippen LogP contribution in [0.1, 0.15) is 13.3 Å². The molecule has 0 aromatic heterocycles. The van der Waals surface area contributed by atoms with E-state index in [0.717, 1.165) is 0 Å². The fourth-order valence-corrected chi connectivity index (χ4v) is 3.43. The molecule has 0 spiro atoms. The second kappa shape index (κ2) is 6.57. The van der Waals surface area contributed by atoms with Crippen molar-refractivity contribution in [3.05, 3.63) is 0 Å². The van der Waals surface area contributed by atoms with E-state index in [9.17, 15) is 14.3 Å². The number of ether oxygens (including phenoxy) is 1. The fourth-order valence-electron chi connectivity index (χ4n) is 0.743. The van der Waals surface area contributed by atoms with Crippen molar-refractivity contribution in [3.8, 4) is 0 Å². The SMILES string of the molecule is CCOC(=O)CCP(=O)(O)CCBr. The number of rotatable bonds is 6. The first-order valence-electron chi connectivity index (χ1n) is 4.04. The third-order valence-electron chi connectivity index (χ3n) is 1.40. The summed E-state index contributed by atoms with van der Waals surface area (Å²) < 4.78 is 15.9. The van der Waals surface area contributed by atoms with E-state index < -0.39 is 13.3 Å². The van der Waals surface area contributed by atoms with Crippen LogP contribution in [0.15, 0.2) is 0 Å². The molecule has 0 aromatic rings. The molecular weight excluding hydrogens is 259 g/mol. The summed E-state index contributed by atoms with van der Waals surface area (Å²) in [6.07, 6.45) is 0.235. The van der Waals surface area contributed by atoms with Crippen LogP contribution < -0.4 is 0 Å². The minimum atomic E-state index is -3.12. The van der Waals surface area contributed by atoms with Gasteiger partial charge in [0.25, 0.3) is 0 Å². The Labute approximate surface area is 86.2 Å². The molecule has 13 heavy (non-hydrogen) atoms. The maximum atomic E-state index is 11.2. The number of halogens is 1. The van der Waals surface area contributed by atoms with Crippen LogP contribution in [0, 0.1) is 0 Å². The van der Waals surface area contributed by atoms with Gasteiger partial charge in [0.05, 0.1) is 13.0 Å². The Morgan fingerprint density at radius 2 is 2.15 bits per heavy atom. The Balaban J connectivity index is 3.74. The number of carbonyl (C=O) groups is 1. The van der Waals surface area contributed by atoms with Crippen molar-refractivity contribution in [1.29, 1.82) is 0 Å². The van der Waals surface area contributed by atoms with Gasteiger partial charge in [-0.15, -0.1) is 0 Å². The van der Waals surface area contributed by atoms with Crippen molar-refractivity contribution in [3.63, 3.8) is 0 Å². The van der Waals surface area contributed by atoms with Gasteiger partial charge in [-0.3, -0.25) is 9.36 Å². The molecule has 0 aliphatic rings. The number of carbonyl (C=O) groups excluding carboxylic acids is 1. The van der Waals surface area contributed by atoms with Gasteiger partial charge in [-0.2, -0.15) is 0 Å². The lowest BCUT2D eigenvalue weighted by Crippen LogP contribution is -2.07. The highest BCUT2D eigenvalue weighted by Crippen LogP contribution is 2.40. The molecule has 1 N–H and O–H groups in total. The van der Waals surface area contributed by atoms with Crippen molar-refractivity contribution in [1.82, 2.24) is 0 Å². The zero-order valence-electron chi connectivity index (χ0n) is 7.53. The molecule has 1 atom stereocenters. The summed E-state index contributed by atoms with van der Waals surface area (Å²) in [5.74, 6) is -0.411. The van der Waals surface area contributed by atoms with Crippen LogP contribution in [0.3, 0.4) is 0 Å². The summed E-state index contributed by atoms with van der Waals surface area (Å²) in [7, 11) is -3.12. The first kappa shape index (κ1) is 13.1. The predicted molar refractivity (Wildman–Crippen MR) is 54.6 cm³/mol. The lowest BCUT2D eigenvalue weighted by molar-refractivity contribution is -0.142. The van der Waals surface area contributed by atoms with Crippen molar-refractivity contribution in [2.45, 2.75) is 13.3 Å². The van der Waals surface area contributed by atoms with E-state index in [0.29, 0.717) is 11.9 Å². The normalized spacial score (nSPS) is 15.0. The zero-order valence-corrected chi connectivity index (χ0v) is 10.0. The quantitative estimate of drug-likeness (QED) is 0.453. The van der Waals surface area contributed by atoms with Crippen LogP contribution >= 0.6 is 23.3 Å². The van der Waals surface area contributed by atoms with Crippen LogP contribution in [0.5, 0.6) is 0 Å². The molecule has 0 fully saturated rings. The molecular formula is C7H14BrO4P. The minimum Gasteiger partial charge on any atom is -0.466 e. The summed E-state index contributed by atoms with van der Waals surface area (Å²) in [4.78, 5) is 20.1. The van der Waals surface area contributed by atoms with E-state index in [1.54, 1.807) is 6.92 Å². The third kappa shape index (κ3) is 7.23. The summed E-state index contributed by atoms with van der Waals surface area (Å²) in [6.45, 7) is 2.02. The Hall–Kier alpha value is 0.140. The highest BCUT2D eigenvalue weighted by molar-refractivity contribution is 9.09. The van der Waals surface area contributed by atoms with Crippen LogP contribution in [-0.4, -0.2) is 35.1 Å². The van der Waals surface area contributed by atoms with Gasteiger partial charge in [0.2, 0.25) is 7.37 Å². The van der Waals surface area contributed by atoms with Gasteiger partial charge in [0.15, 0.2) is 0 Å². The smallest absolute Gasteiger partial charge is 0.306 e. The van der Waals surface area contributed by atoms with Crippen LogP contribution in [0.4, 0.5) is 0 Å². The Morgan fingerprint density at radius 3 is 2.62 bits per heavy atom. The largest absolute Gasteiger partial charge is 0.466 e. The number of hydrogen-bond donors (Lipinski definition) is 1. The van der Waals surface area contributed by atoms with Crippen molar-refractivity contribution < 1.29 is 19.0 Å². The average Bonchev–Trinajstić information content (AvgIpc) is 2.02. The first-order chi connectivity index (χ1) is 6.02. The monoisotopic (exact) mass is 272 g/mol. The molecule has 6 heteroatoms. The second-order valence-corrected chi connectivity index (χ2v) is 5.92. The van der Waals surface area contributed by atoms with Gasteiger partial charge in [0.1, 0.15) is 0 Å². The number of alkyl halides is 1. The lowest BCUT2D eigenvalue weighted by atomic mass is 10.5. The molecule has 4 nitrogen and oxygen atoms in total. The van der Waals surface area contributed by atoms with E-state index in [4.69, 9.17) is 0 Å². The summed E-state index contributed by atoms with van der Waals surface area (Å²) in [5, 5.41) is 0.476. The molecule has 0 heterocycles.